The molecule has 0 radical (unpaired) electrons. The lowest BCUT2D eigenvalue weighted by molar-refractivity contribution is -0.144. The molecule has 2 N–H and O–H groups in total. The van der Waals surface area contributed by atoms with Crippen LogP contribution in [0.5, 0.6) is 5.75 Å². The SMILES string of the molecule is CC(C)(C)OC(=O)N1CCCCC1C(=O)O.Oc1ccc2cnccc2c1. The molecule has 0 spiro atoms. The van der Waals surface area contributed by atoms with Crippen LogP contribution in [0.1, 0.15) is 40.0 Å². The second-order valence-corrected chi connectivity index (χ2v) is 7.43. The fourth-order valence-electron chi connectivity index (χ4n) is 2.80. The molecule has 2 heterocycles. The number of ether oxygens (including phenoxy) is 1. The number of nitrogens with zero attached hydrogens (tertiary/aromatic N) is 2. The lowest BCUT2D eigenvalue weighted by Crippen LogP contribution is -2.49. The Labute approximate surface area is 158 Å². The number of phenolic OH excluding ortho intramolecular Hbond substituents is 1. The number of likely N-dealkylation sites (tertiary alicyclic amines) is 1. The summed E-state index contributed by atoms with van der Waals surface area (Å²) in [6, 6.07) is 6.36. The zero-order valence-corrected chi connectivity index (χ0v) is 15.9. The number of amides is 1. The van der Waals surface area contributed by atoms with Crippen LogP contribution in [0.4, 0.5) is 4.79 Å². The first-order valence-electron chi connectivity index (χ1n) is 8.92. The summed E-state index contributed by atoms with van der Waals surface area (Å²) in [5.74, 6) is -0.658. The number of pyridine rings is 1. The third-order valence-corrected chi connectivity index (χ3v) is 4.04. The van der Waals surface area contributed by atoms with Gasteiger partial charge in [0.1, 0.15) is 17.4 Å². The number of hydrogen-bond donors (Lipinski definition) is 2. The highest BCUT2D eigenvalue weighted by atomic mass is 16.6. The molecular weight excluding hydrogens is 348 g/mol. The van der Waals surface area contributed by atoms with Gasteiger partial charge >= 0.3 is 12.1 Å². The Morgan fingerprint density at radius 1 is 1.19 bits per heavy atom. The normalized spacial score (nSPS) is 17.0. The van der Waals surface area contributed by atoms with E-state index in [2.05, 4.69) is 4.98 Å². The van der Waals surface area contributed by atoms with Crippen molar-refractivity contribution in [1.82, 2.24) is 9.88 Å². The monoisotopic (exact) mass is 374 g/mol. The molecule has 1 aromatic carbocycles. The summed E-state index contributed by atoms with van der Waals surface area (Å²) in [5.41, 5.74) is -0.586. The topological polar surface area (TPSA) is 100.0 Å². The molecule has 1 aromatic heterocycles. The van der Waals surface area contributed by atoms with Crippen LogP contribution in [0.15, 0.2) is 36.7 Å². The number of aromatic hydroxyl groups is 1. The third-order valence-electron chi connectivity index (χ3n) is 4.04. The highest BCUT2D eigenvalue weighted by Gasteiger charge is 2.34. The van der Waals surface area contributed by atoms with Gasteiger partial charge in [-0.1, -0.05) is 0 Å². The third kappa shape index (κ3) is 6.13. The van der Waals surface area contributed by atoms with Crippen molar-refractivity contribution in [3.05, 3.63) is 36.7 Å². The number of carboxylic acid groups (broad SMARTS) is 1. The van der Waals surface area contributed by atoms with Crippen molar-refractivity contribution in [2.45, 2.75) is 51.7 Å². The first-order chi connectivity index (χ1) is 12.7. The molecule has 1 atom stereocenters. The zero-order valence-electron chi connectivity index (χ0n) is 15.9. The quantitative estimate of drug-likeness (QED) is 0.787. The van der Waals surface area contributed by atoms with E-state index in [0.717, 1.165) is 23.6 Å². The van der Waals surface area contributed by atoms with Gasteiger partial charge in [-0.05, 0) is 69.7 Å². The molecular formula is C20H26N2O5. The maximum atomic E-state index is 11.8. The molecule has 0 bridgehead atoms. The fraction of sp³-hybridized carbons (Fsp3) is 0.450. The van der Waals surface area contributed by atoms with Gasteiger partial charge in [0.05, 0.1) is 0 Å². The van der Waals surface area contributed by atoms with Gasteiger partial charge in [0.25, 0.3) is 0 Å². The predicted molar refractivity (Wildman–Crippen MR) is 102 cm³/mol. The molecule has 1 aliphatic heterocycles. The van der Waals surface area contributed by atoms with E-state index in [9.17, 15) is 9.59 Å². The summed E-state index contributed by atoms with van der Waals surface area (Å²) in [6.45, 7) is 5.77. The summed E-state index contributed by atoms with van der Waals surface area (Å²) >= 11 is 0. The average molecular weight is 374 g/mol. The van der Waals surface area contributed by atoms with Crippen LogP contribution in [0, 0.1) is 0 Å². The van der Waals surface area contributed by atoms with Crippen LogP contribution in [0.3, 0.4) is 0 Å². The first kappa shape index (κ1) is 20.5. The Kier molecular flexibility index (Phi) is 6.60. The average Bonchev–Trinajstić information content (AvgIpc) is 2.60. The molecule has 3 rings (SSSR count). The Morgan fingerprint density at radius 2 is 1.93 bits per heavy atom. The van der Waals surface area contributed by atoms with E-state index in [0.29, 0.717) is 18.7 Å². The Balaban J connectivity index is 0.000000206. The van der Waals surface area contributed by atoms with Crippen molar-refractivity contribution >= 4 is 22.8 Å². The fourth-order valence-corrected chi connectivity index (χ4v) is 2.80. The number of benzene rings is 1. The van der Waals surface area contributed by atoms with Gasteiger partial charge in [-0.3, -0.25) is 9.88 Å². The van der Waals surface area contributed by atoms with Crippen LogP contribution < -0.4 is 0 Å². The van der Waals surface area contributed by atoms with Gasteiger partial charge in [-0.15, -0.1) is 0 Å². The molecule has 27 heavy (non-hydrogen) atoms. The number of carboxylic acids is 1. The summed E-state index contributed by atoms with van der Waals surface area (Å²) < 4.78 is 5.18. The number of hydrogen-bond acceptors (Lipinski definition) is 5. The maximum absolute atomic E-state index is 11.8. The van der Waals surface area contributed by atoms with Crippen LogP contribution in [-0.4, -0.2) is 50.3 Å². The highest BCUT2D eigenvalue weighted by molar-refractivity contribution is 5.82. The van der Waals surface area contributed by atoms with E-state index in [4.69, 9.17) is 14.9 Å². The van der Waals surface area contributed by atoms with Crippen LogP contribution in [0.2, 0.25) is 0 Å². The van der Waals surface area contributed by atoms with Gasteiger partial charge in [0, 0.05) is 24.3 Å². The van der Waals surface area contributed by atoms with Gasteiger partial charge in [-0.2, -0.15) is 0 Å². The predicted octanol–water partition coefficient (Wildman–Crippen LogP) is 3.80. The molecule has 146 valence electrons. The molecule has 7 nitrogen and oxygen atoms in total. The summed E-state index contributed by atoms with van der Waals surface area (Å²) in [5, 5.41) is 20.2. The number of carbonyl (C=O) groups is 2. The number of piperidine rings is 1. The molecule has 1 amide bonds. The van der Waals surface area contributed by atoms with E-state index >= 15 is 0 Å². The van der Waals surface area contributed by atoms with Crippen molar-refractivity contribution < 1.29 is 24.5 Å². The Morgan fingerprint density at radius 3 is 2.59 bits per heavy atom. The zero-order chi connectivity index (χ0) is 20.0. The summed E-state index contributed by atoms with van der Waals surface area (Å²) in [4.78, 5) is 28.0. The molecule has 2 aromatic rings. The van der Waals surface area contributed by atoms with Crippen molar-refractivity contribution in [2.75, 3.05) is 6.54 Å². The molecule has 1 fully saturated rings. The maximum Gasteiger partial charge on any atom is 0.411 e. The standard InChI is InChI=1S/C11H19NO4.C9H7NO/c1-11(2,3)16-10(15)12-7-5-4-6-8(12)9(13)14;11-9-2-1-8-6-10-4-3-7(8)5-9/h8H,4-7H2,1-3H3,(H,13,14);1-6,11H. The van der Waals surface area contributed by atoms with Crippen molar-refractivity contribution in [1.29, 1.82) is 0 Å². The van der Waals surface area contributed by atoms with Gasteiger partial charge in [0.2, 0.25) is 0 Å². The molecule has 1 saturated heterocycles. The van der Waals surface area contributed by atoms with Crippen LogP contribution in [-0.2, 0) is 9.53 Å². The Bertz CT molecular complexity index is 800. The Hall–Kier alpha value is -2.83. The van der Waals surface area contributed by atoms with E-state index < -0.39 is 23.7 Å². The second kappa shape index (κ2) is 8.70. The van der Waals surface area contributed by atoms with E-state index in [1.807, 2.05) is 12.1 Å². The van der Waals surface area contributed by atoms with Crippen LogP contribution in [0.25, 0.3) is 10.8 Å². The minimum absolute atomic E-state index is 0.295. The number of aromatic nitrogens is 1. The van der Waals surface area contributed by atoms with Gasteiger partial charge < -0.3 is 14.9 Å². The lowest BCUT2D eigenvalue weighted by atomic mass is 10.0. The van der Waals surface area contributed by atoms with Gasteiger partial charge in [-0.25, -0.2) is 9.59 Å². The summed E-state index contributed by atoms with van der Waals surface area (Å²) in [6.07, 6.45) is 5.14. The van der Waals surface area contributed by atoms with Crippen LogP contribution >= 0.6 is 0 Å². The van der Waals surface area contributed by atoms with Crippen molar-refractivity contribution in [3.8, 4) is 5.75 Å². The summed E-state index contributed by atoms with van der Waals surface area (Å²) in [7, 11) is 0. The van der Waals surface area contributed by atoms with Crippen molar-refractivity contribution in [2.24, 2.45) is 0 Å². The van der Waals surface area contributed by atoms with E-state index in [1.54, 1.807) is 45.3 Å². The van der Waals surface area contributed by atoms with Gasteiger partial charge in [0.15, 0.2) is 0 Å². The number of carbonyl (C=O) groups excluding carboxylic acids is 1. The minimum atomic E-state index is -0.953. The number of rotatable bonds is 1. The number of fused-ring (bicyclic) bond motifs is 1. The van der Waals surface area contributed by atoms with E-state index in [-0.39, 0.29) is 0 Å². The number of phenols is 1. The molecule has 0 saturated carbocycles. The molecule has 0 aliphatic carbocycles. The lowest BCUT2D eigenvalue weighted by Gasteiger charge is -2.34. The van der Waals surface area contributed by atoms with Crippen molar-refractivity contribution in [3.63, 3.8) is 0 Å². The molecule has 1 unspecified atom stereocenters. The minimum Gasteiger partial charge on any atom is -0.508 e. The first-order valence-corrected chi connectivity index (χ1v) is 8.92. The van der Waals surface area contributed by atoms with E-state index in [1.165, 1.54) is 4.90 Å². The second-order valence-electron chi connectivity index (χ2n) is 7.43. The highest BCUT2D eigenvalue weighted by Crippen LogP contribution is 2.20. The number of aliphatic carboxylic acids is 1. The molecule has 7 heteroatoms. The smallest absolute Gasteiger partial charge is 0.411 e. The largest absolute Gasteiger partial charge is 0.508 e. The molecule has 1 aliphatic rings.